The van der Waals surface area contributed by atoms with Gasteiger partial charge in [0.1, 0.15) is 11.6 Å². The number of likely N-dealkylation sites (N-methyl/N-ethyl adjacent to an activating group) is 1. The van der Waals surface area contributed by atoms with Crippen LogP contribution in [0.5, 0.6) is 5.75 Å². The molecule has 1 N–H and O–H groups in total. The van der Waals surface area contributed by atoms with E-state index in [1.807, 2.05) is 0 Å². The van der Waals surface area contributed by atoms with E-state index in [9.17, 15) is 14.0 Å². The van der Waals surface area contributed by atoms with E-state index < -0.39 is 5.91 Å². The van der Waals surface area contributed by atoms with E-state index in [0.717, 1.165) is 0 Å². The highest BCUT2D eigenvalue weighted by molar-refractivity contribution is 6.31. The Hall–Kier alpha value is -3.46. The van der Waals surface area contributed by atoms with Gasteiger partial charge in [-0.1, -0.05) is 16.8 Å². The molecule has 162 valence electrons. The van der Waals surface area contributed by atoms with E-state index in [4.69, 9.17) is 20.9 Å². The van der Waals surface area contributed by atoms with Crippen LogP contribution in [-0.4, -0.2) is 47.6 Å². The molecule has 2 aromatic carbocycles. The highest BCUT2D eigenvalue weighted by Crippen LogP contribution is 2.27. The molecule has 0 aliphatic carbocycles. The third kappa shape index (κ3) is 6.02. The van der Waals surface area contributed by atoms with Crippen LogP contribution in [0.15, 0.2) is 47.0 Å². The summed E-state index contributed by atoms with van der Waals surface area (Å²) in [7, 11) is 3.00. The topological polar surface area (TPSA) is 97.6 Å². The summed E-state index contributed by atoms with van der Waals surface area (Å²) in [5.74, 6) is 0.0152. The number of ether oxygens (including phenoxy) is 1. The van der Waals surface area contributed by atoms with E-state index in [0.29, 0.717) is 27.8 Å². The van der Waals surface area contributed by atoms with Crippen molar-refractivity contribution in [3.8, 4) is 17.1 Å². The number of nitrogens with one attached hydrogen (secondary N) is 1. The largest absolute Gasteiger partial charge is 0.495 e. The maximum Gasteiger partial charge on any atom is 0.244 e. The smallest absolute Gasteiger partial charge is 0.244 e. The zero-order chi connectivity index (χ0) is 22.4. The average Bonchev–Trinajstić information content (AvgIpc) is 3.21. The molecule has 10 heteroatoms. The normalized spacial score (nSPS) is 10.6. The summed E-state index contributed by atoms with van der Waals surface area (Å²) >= 11 is 5.95. The second kappa shape index (κ2) is 10.0. The second-order valence-corrected chi connectivity index (χ2v) is 7.10. The van der Waals surface area contributed by atoms with Crippen LogP contribution in [0.25, 0.3) is 11.4 Å². The van der Waals surface area contributed by atoms with Gasteiger partial charge in [-0.2, -0.15) is 4.98 Å². The van der Waals surface area contributed by atoms with Crippen LogP contribution in [0.1, 0.15) is 12.3 Å². The van der Waals surface area contributed by atoms with Crippen molar-refractivity contribution < 1.29 is 23.2 Å². The SMILES string of the molecule is COc1ccc(Cl)cc1NC(=O)CN(C)C(=O)CCc1nc(-c2ccc(F)cc2)no1. The van der Waals surface area contributed by atoms with Crippen LogP contribution in [0.4, 0.5) is 10.1 Å². The second-order valence-electron chi connectivity index (χ2n) is 6.66. The molecule has 0 atom stereocenters. The predicted molar refractivity (Wildman–Crippen MR) is 112 cm³/mol. The van der Waals surface area contributed by atoms with Crippen LogP contribution in [0.3, 0.4) is 0 Å². The lowest BCUT2D eigenvalue weighted by atomic mass is 10.2. The fraction of sp³-hybridized carbons (Fsp3) is 0.238. The minimum atomic E-state index is -0.396. The molecule has 0 unspecified atom stereocenters. The first kappa shape index (κ1) is 22.2. The standard InChI is InChI=1S/C21H20ClFN4O4/c1-27(12-18(28)24-16-11-14(22)5-8-17(16)30-2)20(29)10-9-19-25-21(26-31-19)13-3-6-15(23)7-4-13/h3-8,11H,9-10,12H2,1-2H3,(H,24,28). The van der Waals surface area contributed by atoms with Gasteiger partial charge in [0.15, 0.2) is 0 Å². The Bertz CT molecular complexity index is 1070. The van der Waals surface area contributed by atoms with Crippen LogP contribution < -0.4 is 10.1 Å². The van der Waals surface area contributed by atoms with Crippen molar-refractivity contribution in [2.75, 3.05) is 26.0 Å². The fourth-order valence-electron chi connectivity index (χ4n) is 2.75. The monoisotopic (exact) mass is 446 g/mol. The van der Waals surface area contributed by atoms with Gasteiger partial charge in [0, 0.05) is 30.5 Å². The molecular formula is C21H20ClFN4O4. The Morgan fingerprint density at radius 1 is 1.23 bits per heavy atom. The Kier molecular flexibility index (Phi) is 7.19. The van der Waals surface area contributed by atoms with E-state index in [1.165, 1.54) is 43.3 Å². The number of halogens is 2. The molecule has 0 bridgehead atoms. The molecule has 2 amide bonds. The summed E-state index contributed by atoms with van der Waals surface area (Å²) in [6.45, 7) is -0.154. The van der Waals surface area contributed by atoms with Crippen molar-refractivity contribution >= 4 is 29.1 Å². The molecule has 0 saturated heterocycles. The first-order valence-electron chi connectivity index (χ1n) is 9.31. The molecule has 3 rings (SSSR count). The summed E-state index contributed by atoms with van der Waals surface area (Å²) in [5, 5.41) is 6.96. The number of nitrogens with zero attached hydrogens (tertiary/aromatic N) is 3. The third-order valence-electron chi connectivity index (χ3n) is 4.37. The van der Waals surface area contributed by atoms with Crippen molar-refractivity contribution in [1.82, 2.24) is 15.0 Å². The van der Waals surface area contributed by atoms with E-state index in [1.54, 1.807) is 18.2 Å². The number of benzene rings is 2. The number of methoxy groups -OCH3 is 1. The molecule has 0 aliphatic rings. The fourth-order valence-corrected chi connectivity index (χ4v) is 2.92. The quantitative estimate of drug-likeness (QED) is 0.568. The Morgan fingerprint density at radius 2 is 1.97 bits per heavy atom. The van der Waals surface area contributed by atoms with Gasteiger partial charge in [0.2, 0.25) is 23.5 Å². The summed E-state index contributed by atoms with van der Waals surface area (Å²) in [6.07, 6.45) is 0.288. The van der Waals surface area contributed by atoms with Crippen molar-refractivity contribution in [3.05, 3.63) is 59.2 Å². The molecule has 3 aromatic rings. The zero-order valence-electron chi connectivity index (χ0n) is 16.9. The number of carbonyl (C=O) groups is 2. The van der Waals surface area contributed by atoms with Crippen molar-refractivity contribution in [1.29, 1.82) is 0 Å². The highest BCUT2D eigenvalue weighted by atomic mass is 35.5. The van der Waals surface area contributed by atoms with E-state index in [2.05, 4.69) is 15.5 Å². The Morgan fingerprint density at radius 3 is 2.68 bits per heavy atom. The van der Waals surface area contributed by atoms with Gasteiger partial charge in [-0.25, -0.2) is 4.39 Å². The number of rotatable bonds is 8. The maximum absolute atomic E-state index is 13.0. The third-order valence-corrected chi connectivity index (χ3v) is 4.60. The van der Waals surface area contributed by atoms with E-state index >= 15 is 0 Å². The maximum atomic E-state index is 13.0. The first-order chi connectivity index (χ1) is 14.9. The first-order valence-corrected chi connectivity index (χ1v) is 9.69. The van der Waals surface area contributed by atoms with Crippen molar-refractivity contribution in [2.24, 2.45) is 0 Å². The molecule has 0 fully saturated rings. The Balaban J connectivity index is 1.51. The van der Waals surface area contributed by atoms with Crippen LogP contribution in [0.2, 0.25) is 5.02 Å². The summed E-state index contributed by atoms with van der Waals surface area (Å²) in [6, 6.07) is 10.5. The molecule has 0 spiro atoms. The lowest BCUT2D eigenvalue weighted by Crippen LogP contribution is -2.35. The number of hydrogen-bond donors (Lipinski definition) is 1. The number of aryl methyl sites for hydroxylation is 1. The van der Waals surface area contributed by atoms with Gasteiger partial charge in [0.05, 0.1) is 19.3 Å². The summed E-state index contributed by atoms with van der Waals surface area (Å²) in [5.41, 5.74) is 1.02. The zero-order valence-corrected chi connectivity index (χ0v) is 17.6. The molecule has 0 aliphatic heterocycles. The van der Waals surface area contributed by atoms with Gasteiger partial charge < -0.3 is 19.5 Å². The minimum Gasteiger partial charge on any atom is -0.495 e. The van der Waals surface area contributed by atoms with Crippen molar-refractivity contribution in [3.63, 3.8) is 0 Å². The van der Waals surface area contributed by atoms with Gasteiger partial charge in [-0.05, 0) is 42.5 Å². The van der Waals surface area contributed by atoms with Crippen LogP contribution >= 0.6 is 11.6 Å². The van der Waals surface area contributed by atoms with Gasteiger partial charge in [-0.3, -0.25) is 9.59 Å². The van der Waals surface area contributed by atoms with Gasteiger partial charge in [0.25, 0.3) is 0 Å². The molecule has 0 saturated carbocycles. The molecule has 1 aromatic heterocycles. The molecule has 31 heavy (non-hydrogen) atoms. The highest BCUT2D eigenvalue weighted by Gasteiger charge is 2.17. The van der Waals surface area contributed by atoms with Gasteiger partial charge >= 0.3 is 0 Å². The number of aromatic nitrogens is 2. The lowest BCUT2D eigenvalue weighted by molar-refractivity contribution is -0.133. The molecule has 1 heterocycles. The van der Waals surface area contributed by atoms with Crippen LogP contribution in [0, 0.1) is 5.82 Å². The predicted octanol–water partition coefficient (Wildman–Crippen LogP) is 3.57. The molecular weight excluding hydrogens is 427 g/mol. The molecule has 8 nitrogen and oxygen atoms in total. The minimum absolute atomic E-state index is 0.0787. The number of amides is 2. The summed E-state index contributed by atoms with van der Waals surface area (Å²) in [4.78, 5) is 30.2. The summed E-state index contributed by atoms with van der Waals surface area (Å²) < 4.78 is 23.3. The van der Waals surface area contributed by atoms with Gasteiger partial charge in [-0.15, -0.1) is 0 Å². The Labute approximate surface area is 183 Å². The lowest BCUT2D eigenvalue weighted by Gasteiger charge is -2.17. The van der Waals surface area contributed by atoms with E-state index in [-0.39, 0.29) is 37.0 Å². The van der Waals surface area contributed by atoms with Crippen LogP contribution in [-0.2, 0) is 16.0 Å². The number of hydrogen-bond acceptors (Lipinski definition) is 6. The average molecular weight is 447 g/mol. The van der Waals surface area contributed by atoms with Crippen molar-refractivity contribution in [2.45, 2.75) is 12.8 Å². The number of anilines is 1. The molecule has 0 radical (unpaired) electrons. The number of carbonyl (C=O) groups excluding carboxylic acids is 2.